The molecular formula is C2Co2N2S2+2. The van der Waals surface area contributed by atoms with Crippen molar-refractivity contribution < 1.29 is 33.6 Å². The van der Waals surface area contributed by atoms with E-state index >= 15 is 0 Å². The molecule has 8 heavy (non-hydrogen) atoms. The molecule has 0 bridgehead atoms. The summed E-state index contributed by atoms with van der Waals surface area (Å²) in [6, 6.07) is 0. The molecule has 0 saturated heterocycles. The van der Waals surface area contributed by atoms with Crippen molar-refractivity contribution >= 4 is 25.3 Å². The van der Waals surface area contributed by atoms with Gasteiger partial charge in [-0.05, 0) is 0 Å². The molecule has 0 saturated carbocycles. The van der Waals surface area contributed by atoms with Crippen molar-refractivity contribution in [3.05, 3.63) is 0 Å². The average molecular weight is 234 g/mol. The fourth-order valence-corrected chi connectivity index (χ4v) is 0. The molecule has 0 fully saturated rings. The van der Waals surface area contributed by atoms with Gasteiger partial charge in [-0.15, -0.1) is 0 Å². The van der Waals surface area contributed by atoms with E-state index in [0.717, 1.165) is 0 Å². The molecule has 0 aromatic carbocycles. The molecule has 0 aliphatic carbocycles. The Balaban J connectivity index is -0.0000000160. The number of nitriles is 2. The Morgan fingerprint density at radius 2 is 0.875 bits per heavy atom. The minimum absolute atomic E-state index is 0. The molecule has 0 aromatic heterocycles. The van der Waals surface area contributed by atoms with Crippen LogP contribution >= 0.6 is 0 Å². The van der Waals surface area contributed by atoms with Crippen LogP contribution in [0.1, 0.15) is 0 Å². The Labute approximate surface area is 79.8 Å². The first kappa shape index (κ1) is 23.7. The first-order valence-electron chi connectivity index (χ1n) is 0.855. The van der Waals surface area contributed by atoms with Gasteiger partial charge in [0.05, 0.1) is 0 Å². The second-order valence-electron chi connectivity index (χ2n) is 0.183. The Morgan fingerprint density at radius 1 is 0.875 bits per heavy atom. The molecule has 0 unspecified atom stereocenters. The largest absolute Gasteiger partial charge is 2.00 e. The fraction of sp³-hybridized carbons (Fsp3) is 0. The SMILES string of the molecule is N#C[S-].N#C[S-].[Co+2].[Co+2]. The number of hydrogen-bond acceptors (Lipinski definition) is 4. The van der Waals surface area contributed by atoms with Crippen LogP contribution in [-0.2, 0) is 58.8 Å². The van der Waals surface area contributed by atoms with Gasteiger partial charge >= 0.3 is 33.6 Å². The third-order valence-electron chi connectivity index (χ3n) is 0. The topological polar surface area (TPSA) is 47.6 Å². The third kappa shape index (κ3) is 1010. The summed E-state index contributed by atoms with van der Waals surface area (Å²) in [6.45, 7) is 0. The number of hydrogen-bond donors (Lipinski definition) is 0. The summed E-state index contributed by atoms with van der Waals surface area (Å²) in [5.41, 5.74) is 0. The van der Waals surface area contributed by atoms with E-state index < -0.39 is 0 Å². The molecule has 0 spiro atoms. The van der Waals surface area contributed by atoms with Gasteiger partial charge in [0.2, 0.25) is 0 Å². The van der Waals surface area contributed by atoms with Crippen molar-refractivity contribution in [3.8, 4) is 10.8 Å². The smallest absolute Gasteiger partial charge is 0.696 e. The maximum Gasteiger partial charge on any atom is 2.00 e. The van der Waals surface area contributed by atoms with Crippen molar-refractivity contribution in [1.29, 1.82) is 10.5 Å². The second kappa shape index (κ2) is 52.0. The van der Waals surface area contributed by atoms with Crippen LogP contribution in [0.4, 0.5) is 0 Å². The summed E-state index contributed by atoms with van der Waals surface area (Å²) in [4.78, 5) is 0. The molecule has 0 aliphatic heterocycles. The molecule has 0 atom stereocenters. The van der Waals surface area contributed by atoms with E-state index in [4.69, 9.17) is 10.5 Å². The molecule has 2 nitrogen and oxygen atoms in total. The Morgan fingerprint density at radius 3 is 0.875 bits per heavy atom. The first-order valence-corrected chi connectivity index (χ1v) is 1.67. The van der Waals surface area contributed by atoms with Crippen LogP contribution in [0.2, 0.25) is 0 Å². The van der Waals surface area contributed by atoms with Crippen LogP contribution in [0.15, 0.2) is 0 Å². The summed E-state index contributed by atoms with van der Waals surface area (Å²) in [7, 11) is 0. The molecule has 0 aliphatic rings. The van der Waals surface area contributed by atoms with Crippen molar-refractivity contribution in [2.24, 2.45) is 0 Å². The Hall–Kier alpha value is 0.433. The Kier molecular flexibility index (Phi) is 154. The minimum atomic E-state index is 0. The van der Waals surface area contributed by atoms with Crippen molar-refractivity contribution in [2.75, 3.05) is 0 Å². The molecule has 0 N–H and O–H groups in total. The van der Waals surface area contributed by atoms with Gasteiger partial charge in [0.25, 0.3) is 0 Å². The van der Waals surface area contributed by atoms with Crippen LogP contribution in [-0.4, -0.2) is 0 Å². The molecule has 6 heteroatoms. The molecule has 0 rings (SSSR count). The summed E-state index contributed by atoms with van der Waals surface area (Å²) >= 11 is 7.40. The van der Waals surface area contributed by atoms with Crippen molar-refractivity contribution in [3.63, 3.8) is 0 Å². The fourth-order valence-electron chi connectivity index (χ4n) is 0. The zero-order valence-corrected chi connectivity index (χ0v) is 7.09. The number of rotatable bonds is 0. The van der Waals surface area contributed by atoms with Gasteiger partial charge in [0.1, 0.15) is 0 Å². The van der Waals surface area contributed by atoms with Gasteiger partial charge < -0.3 is 25.3 Å². The van der Waals surface area contributed by atoms with E-state index in [9.17, 15) is 0 Å². The standard InChI is InChI=1S/2CHNS.2Co/c2*2-1-3;;/h2*3H;;/q;;2*+2/p-2. The van der Waals surface area contributed by atoms with E-state index in [1.165, 1.54) is 10.8 Å². The number of nitrogens with zero attached hydrogens (tertiary/aromatic N) is 2. The molecule has 0 amide bonds. The third-order valence-corrected chi connectivity index (χ3v) is 0. The van der Waals surface area contributed by atoms with E-state index in [1.54, 1.807) is 0 Å². The molecule has 0 aromatic rings. The summed E-state index contributed by atoms with van der Waals surface area (Å²) < 4.78 is 0. The van der Waals surface area contributed by atoms with E-state index in [-0.39, 0.29) is 33.6 Å². The summed E-state index contributed by atoms with van der Waals surface area (Å²) in [5.74, 6) is 0. The number of thiocyanates is 2. The normalized spacial score (nSPS) is 1.75. The molecule has 0 heterocycles. The van der Waals surface area contributed by atoms with Crippen LogP contribution in [0.5, 0.6) is 0 Å². The van der Waals surface area contributed by atoms with Crippen LogP contribution in [0.25, 0.3) is 0 Å². The van der Waals surface area contributed by atoms with Gasteiger partial charge in [-0.2, -0.15) is 0 Å². The minimum Gasteiger partial charge on any atom is -0.696 e. The second-order valence-corrected chi connectivity index (χ2v) is 0.548. The molecular weight excluding hydrogens is 234 g/mol. The predicted molar refractivity (Wildman–Crippen MR) is 26.0 cm³/mol. The molecule has 46 valence electrons. The van der Waals surface area contributed by atoms with Crippen LogP contribution in [0, 0.1) is 21.3 Å². The van der Waals surface area contributed by atoms with Gasteiger partial charge in [0.15, 0.2) is 0 Å². The van der Waals surface area contributed by atoms with Gasteiger partial charge in [-0.25, -0.2) is 10.5 Å². The van der Waals surface area contributed by atoms with Gasteiger partial charge in [-0.1, -0.05) is 10.8 Å². The van der Waals surface area contributed by atoms with Gasteiger partial charge in [-0.3, -0.25) is 0 Å². The zero-order chi connectivity index (χ0) is 5.41. The molecule has 2 radical (unpaired) electrons. The van der Waals surface area contributed by atoms with E-state index in [1.807, 2.05) is 0 Å². The van der Waals surface area contributed by atoms with Crippen LogP contribution in [0.3, 0.4) is 0 Å². The van der Waals surface area contributed by atoms with E-state index in [2.05, 4.69) is 25.3 Å². The van der Waals surface area contributed by atoms with Crippen molar-refractivity contribution in [2.45, 2.75) is 0 Å². The zero-order valence-electron chi connectivity index (χ0n) is 3.38. The van der Waals surface area contributed by atoms with E-state index in [0.29, 0.717) is 0 Å². The predicted octanol–water partition coefficient (Wildman–Crippen LogP) is 0.0238. The van der Waals surface area contributed by atoms with Crippen molar-refractivity contribution in [1.82, 2.24) is 0 Å². The Bertz CT molecular complexity index is 71.0. The summed E-state index contributed by atoms with van der Waals surface area (Å²) in [6.07, 6.45) is 0. The van der Waals surface area contributed by atoms with Crippen LogP contribution < -0.4 is 0 Å². The first-order chi connectivity index (χ1) is 2.83. The maximum absolute atomic E-state index is 7.13. The summed E-state index contributed by atoms with van der Waals surface area (Å²) in [5, 5.41) is 16.9. The quantitative estimate of drug-likeness (QED) is 0.438. The average Bonchev–Trinajstić information content (AvgIpc) is 1.39. The van der Waals surface area contributed by atoms with Gasteiger partial charge in [0, 0.05) is 0 Å². The maximum atomic E-state index is 7.13. The monoisotopic (exact) mass is 234 g/mol.